The first-order valence-corrected chi connectivity index (χ1v) is 12.6. The van der Waals surface area contributed by atoms with E-state index in [1.807, 2.05) is 89.5 Å². The number of carbonyl (C=O) groups is 1. The van der Waals surface area contributed by atoms with Gasteiger partial charge in [0.1, 0.15) is 17.7 Å². The zero-order valence-corrected chi connectivity index (χ0v) is 21.6. The molecule has 4 aromatic rings. The predicted octanol–water partition coefficient (Wildman–Crippen LogP) is 4.00. The molecular weight excluding hydrogens is 480 g/mol. The number of rotatable bonds is 7. The van der Waals surface area contributed by atoms with Gasteiger partial charge in [0.25, 0.3) is 0 Å². The minimum Gasteiger partial charge on any atom is -0.497 e. The molecule has 1 aliphatic rings. The Morgan fingerprint density at radius 3 is 2.34 bits per heavy atom. The summed E-state index contributed by atoms with van der Waals surface area (Å²) in [5, 5.41) is 21.7. The van der Waals surface area contributed by atoms with Gasteiger partial charge in [0, 0.05) is 31.4 Å². The van der Waals surface area contributed by atoms with Crippen molar-refractivity contribution in [1.29, 1.82) is 0 Å². The number of para-hydroxylation sites is 1. The second-order valence-electron chi connectivity index (χ2n) is 9.46. The fraction of sp³-hybridized carbons (Fsp3) is 0.267. The summed E-state index contributed by atoms with van der Waals surface area (Å²) in [6, 6.07) is 26.1. The van der Waals surface area contributed by atoms with E-state index in [1.54, 1.807) is 24.0 Å². The zero-order chi connectivity index (χ0) is 26.6. The Hall–Kier alpha value is -4.14. The van der Waals surface area contributed by atoms with E-state index in [0.717, 1.165) is 22.6 Å². The number of methoxy groups -OCH3 is 1. The number of hydrogen-bond donors (Lipinski definition) is 2. The van der Waals surface area contributed by atoms with E-state index in [9.17, 15) is 15.0 Å². The second kappa shape index (κ2) is 11.1. The Bertz CT molecular complexity index is 1370. The molecule has 2 atom stereocenters. The lowest BCUT2D eigenvalue weighted by Gasteiger charge is -2.37. The largest absolute Gasteiger partial charge is 0.497 e. The number of ether oxygens (including phenoxy) is 1. The summed E-state index contributed by atoms with van der Waals surface area (Å²) in [7, 11) is 3.33. The molecule has 38 heavy (non-hydrogen) atoms. The van der Waals surface area contributed by atoms with E-state index < -0.39 is 12.1 Å². The molecule has 196 valence electrons. The van der Waals surface area contributed by atoms with Crippen LogP contribution in [0.3, 0.4) is 0 Å². The standard InChI is InChI=1S/C30H32N4O4/c1-32(23-11-7-4-8-12-23)30(37)33-19-26-27(17-24(33)20-35)34(18-21-9-5-3-6-10-21)29(31-26)28(36)22-13-15-25(38-2)16-14-22/h3-16,24,28,35-36H,17-20H2,1-2H3. The molecule has 0 saturated carbocycles. The van der Waals surface area contributed by atoms with Crippen molar-refractivity contribution in [3.05, 3.63) is 113 Å². The van der Waals surface area contributed by atoms with Gasteiger partial charge in [-0.3, -0.25) is 4.90 Å². The Kier molecular flexibility index (Phi) is 7.44. The number of aromatic nitrogens is 2. The number of aliphatic hydroxyl groups is 2. The number of carbonyl (C=O) groups excluding carboxylic acids is 1. The normalized spacial score (nSPS) is 15.6. The van der Waals surface area contributed by atoms with Gasteiger partial charge in [0.15, 0.2) is 0 Å². The van der Waals surface area contributed by atoms with Gasteiger partial charge in [-0.05, 0) is 35.4 Å². The number of urea groups is 1. The van der Waals surface area contributed by atoms with Crippen LogP contribution in [0.4, 0.5) is 10.5 Å². The van der Waals surface area contributed by atoms with Crippen LogP contribution >= 0.6 is 0 Å². The highest BCUT2D eigenvalue weighted by molar-refractivity contribution is 5.91. The molecule has 0 saturated heterocycles. The van der Waals surface area contributed by atoms with Crippen molar-refractivity contribution < 1.29 is 19.7 Å². The third-order valence-corrected chi connectivity index (χ3v) is 7.12. The predicted molar refractivity (Wildman–Crippen MR) is 145 cm³/mol. The van der Waals surface area contributed by atoms with Crippen LogP contribution in [0.25, 0.3) is 0 Å². The maximum atomic E-state index is 13.5. The first kappa shape index (κ1) is 25.5. The zero-order valence-electron chi connectivity index (χ0n) is 21.6. The van der Waals surface area contributed by atoms with Crippen LogP contribution in [0, 0.1) is 0 Å². The van der Waals surface area contributed by atoms with Crippen molar-refractivity contribution in [3.63, 3.8) is 0 Å². The fourth-order valence-electron chi connectivity index (χ4n) is 4.96. The van der Waals surface area contributed by atoms with Crippen LogP contribution in [0.1, 0.15) is 34.4 Å². The summed E-state index contributed by atoms with van der Waals surface area (Å²) in [5.41, 5.74) is 4.17. The topological polar surface area (TPSA) is 91.1 Å². The number of nitrogens with zero attached hydrogens (tertiary/aromatic N) is 4. The minimum absolute atomic E-state index is 0.180. The molecule has 3 aromatic carbocycles. The highest BCUT2D eigenvalue weighted by Crippen LogP contribution is 2.31. The van der Waals surface area contributed by atoms with Crippen LogP contribution < -0.4 is 9.64 Å². The van der Waals surface area contributed by atoms with Gasteiger partial charge in [-0.25, -0.2) is 9.78 Å². The van der Waals surface area contributed by atoms with Gasteiger partial charge in [0.05, 0.1) is 32.0 Å². The summed E-state index contributed by atoms with van der Waals surface area (Å²) in [6.45, 7) is 0.573. The lowest BCUT2D eigenvalue weighted by atomic mass is 10.0. The Morgan fingerprint density at radius 1 is 1.05 bits per heavy atom. The van der Waals surface area contributed by atoms with E-state index in [2.05, 4.69) is 0 Å². The molecule has 2 N–H and O–H groups in total. The highest BCUT2D eigenvalue weighted by atomic mass is 16.5. The SMILES string of the molecule is COc1ccc(C(O)c2nc3c(n2Cc2ccccc2)CC(CO)N(C(=O)N(C)c2ccccc2)C3)cc1. The van der Waals surface area contributed by atoms with Crippen molar-refractivity contribution in [3.8, 4) is 5.75 Å². The molecule has 0 spiro atoms. The van der Waals surface area contributed by atoms with Crippen LogP contribution in [-0.4, -0.2) is 57.5 Å². The number of benzene rings is 3. The molecule has 0 aliphatic carbocycles. The highest BCUT2D eigenvalue weighted by Gasteiger charge is 2.36. The average Bonchev–Trinajstić information content (AvgIpc) is 3.33. The third-order valence-electron chi connectivity index (χ3n) is 7.12. The van der Waals surface area contributed by atoms with Gasteiger partial charge in [-0.2, -0.15) is 0 Å². The van der Waals surface area contributed by atoms with E-state index in [4.69, 9.17) is 9.72 Å². The second-order valence-corrected chi connectivity index (χ2v) is 9.46. The lowest BCUT2D eigenvalue weighted by molar-refractivity contribution is 0.123. The Morgan fingerprint density at radius 2 is 1.71 bits per heavy atom. The summed E-state index contributed by atoms with van der Waals surface area (Å²) >= 11 is 0. The molecule has 2 unspecified atom stereocenters. The lowest BCUT2D eigenvalue weighted by Crippen LogP contribution is -2.51. The van der Waals surface area contributed by atoms with Crippen LogP contribution in [-0.2, 0) is 19.5 Å². The first-order valence-electron chi connectivity index (χ1n) is 12.6. The Labute approximate surface area is 222 Å². The number of imidazole rings is 1. The average molecular weight is 513 g/mol. The molecular formula is C30H32N4O4. The molecule has 5 rings (SSSR count). The van der Waals surface area contributed by atoms with E-state index >= 15 is 0 Å². The van der Waals surface area contributed by atoms with Crippen molar-refractivity contribution in [2.24, 2.45) is 0 Å². The van der Waals surface area contributed by atoms with Crippen molar-refractivity contribution in [2.75, 3.05) is 25.7 Å². The third kappa shape index (κ3) is 5.01. The summed E-state index contributed by atoms with van der Waals surface area (Å²) in [5.74, 6) is 1.21. The van der Waals surface area contributed by atoms with E-state index in [1.165, 1.54) is 0 Å². The van der Waals surface area contributed by atoms with E-state index in [0.29, 0.717) is 30.1 Å². The maximum Gasteiger partial charge on any atom is 0.324 e. The van der Waals surface area contributed by atoms with Crippen LogP contribution in [0.15, 0.2) is 84.9 Å². The number of aliphatic hydroxyl groups excluding tert-OH is 2. The van der Waals surface area contributed by atoms with Crippen LogP contribution in [0.5, 0.6) is 5.75 Å². The number of hydrogen-bond acceptors (Lipinski definition) is 5. The molecule has 1 aromatic heterocycles. The monoisotopic (exact) mass is 512 g/mol. The first-order chi connectivity index (χ1) is 18.5. The van der Waals surface area contributed by atoms with Crippen molar-refractivity contribution in [1.82, 2.24) is 14.5 Å². The number of amides is 2. The van der Waals surface area contributed by atoms with Crippen molar-refractivity contribution in [2.45, 2.75) is 31.7 Å². The summed E-state index contributed by atoms with van der Waals surface area (Å²) < 4.78 is 7.30. The number of fused-ring (bicyclic) bond motifs is 1. The van der Waals surface area contributed by atoms with Gasteiger partial charge >= 0.3 is 6.03 Å². The molecule has 0 fully saturated rings. The quantitative estimate of drug-likeness (QED) is 0.391. The smallest absolute Gasteiger partial charge is 0.324 e. The van der Waals surface area contributed by atoms with Gasteiger partial charge in [0.2, 0.25) is 0 Å². The van der Waals surface area contributed by atoms with Crippen LogP contribution in [0.2, 0.25) is 0 Å². The van der Waals surface area contributed by atoms with Gasteiger partial charge in [-0.1, -0.05) is 60.7 Å². The van der Waals surface area contributed by atoms with Gasteiger partial charge in [-0.15, -0.1) is 0 Å². The fourth-order valence-corrected chi connectivity index (χ4v) is 4.96. The minimum atomic E-state index is -0.973. The molecule has 0 radical (unpaired) electrons. The summed E-state index contributed by atoms with van der Waals surface area (Å²) in [4.78, 5) is 21.7. The molecule has 2 amide bonds. The molecule has 0 bridgehead atoms. The van der Waals surface area contributed by atoms with Gasteiger partial charge < -0.3 is 24.4 Å². The summed E-state index contributed by atoms with van der Waals surface area (Å²) in [6.07, 6.45) is -0.547. The molecule has 8 heteroatoms. The molecule has 1 aliphatic heterocycles. The van der Waals surface area contributed by atoms with E-state index in [-0.39, 0.29) is 19.2 Å². The molecule has 8 nitrogen and oxygen atoms in total. The maximum absolute atomic E-state index is 13.5. The molecule has 2 heterocycles. The van der Waals surface area contributed by atoms with Crippen molar-refractivity contribution >= 4 is 11.7 Å². The Balaban J connectivity index is 1.52. The number of anilines is 1.